The fourth-order valence-corrected chi connectivity index (χ4v) is 3.73. The summed E-state index contributed by atoms with van der Waals surface area (Å²) in [6.07, 6.45) is 0. The van der Waals surface area contributed by atoms with Crippen LogP contribution in [0.1, 0.15) is 10.4 Å². The first-order chi connectivity index (χ1) is 14.6. The Morgan fingerprint density at radius 1 is 0.867 bits per heavy atom. The number of nitrogens with one attached hydrogen (secondary N) is 1. The summed E-state index contributed by atoms with van der Waals surface area (Å²) in [5.41, 5.74) is 5.18. The Bertz CT molecular complexity index is 1390. The van der Waals surface area contributed by atoms with E-state index in [1.807, 2.05) is 54.6 Å². The first kappa shape index (κ1) is 17.9. The number of methoxy groups -OCH3 is 1. The standard InChI is InChI=1S/C25H18N2O3/c1-30-23-14-19-12-16(9-10-17(19)13-20(23)25(28)29)15-5-4-6-18(11-15)24-26-21-7-2-3-8-22(21)27-24/h2-14H,1H3,(H,26,27)(H,28,29). The molecule has 0 spiro atoms. The van der Waals surface area contributed by atoms with Crippen LogP contribution in [0.15, 0.2) is 78.9 Å². The number of para-hydroxylation sites is 2. The summed E-state index contributed by atoms with van der Waals surface area (Å²) < 4.78 is 5.27. The summed E-state index contributed by atoms with van der Waals surface area (Å²) in [5.74, 6) is 0.172. The van der Waals surface area contributed by atoms with Crippen LogP contribution in [0.2, 0.25) is 0 Å². The lowest BCUT2D eigenvalue weighted by Gasteiger charge is -2.10. The van der Waals surface area contributed by atoms with Crippen molar-refractivity contribution in [2.45, 2.75) is 0 Å². The van der Waals surface area contributed by atoms with E-state index in [0.717, 1.165) is 44.3 Å². The second-order valence-electron chi connectivity index (χ2n) is 7.10. The van der Waals surface area contributed by atoms with Crippen LogP contribution in [-0.4, -0.2) is 28.2 Å². The molecule has 1 heterocycles. The van der Waals surface area contributed by atoms with Gasteiger partial charge < -0.3 is 14.8 Å². The molecule has 0 aliphatic carbocycles. The quantitative estimate of drug-likeness (QED) is 0.407. The average Bonchev–Trinajstić information content (AvgIpc) is 3.22. The number of ether oxygens (including phenoxy) is 1. The number of rotatable bonds is 4. The summed E-state index contributed by atoms with van der Waals surface area (Å²) in [6, 6.07) is 25.5. The highest BCUT2D eigenvalue weighted by Gasteiger charge is 2.13. The van der Waals surface area contributed by atoms with Crippen molar-refractivity contribution in [2.75, 3.05) is 7.11 Å². The van der Waals surface area contributed by atoms with Crippen LogP contribution >= 0.6 is 0 Å². The first-order valence-corrected chi connectivity index (χ1v) is 9.53. The third-order valence-electron chi connectivity index (χ3n) is 5.25. The number of fused-ring (bicyclic) bond motifs is 2. The van der Waals surface area contributed by atoms with E-state index in [1.54, 1.807) is 12.1 Å². The van der Waals surface area contributed by atoms with Crippen LogP contribution in [0, 0.1) is 0 Å². The van der Waals surface area contributed by atoms with Gasteiger partial charge in [0.2, 0.25) is 0 Å². The number of benzene rings is 4. The lowest BCUT2D eigenvalue weighted by molar-refractivity contribution is 0.0693. The van der Waals surface area contributed by atoms with E-state index in [0.29, 0.717) is 5.75 Å². The number of aromatic amines is 1. The summed E-state index contributed by atoms with van der Waals surface area (Å²) >= 11 is 0. The maximum Gasteiger partial charge on any atom is 0.339 e. The normalized spacial score (nSPS) is 11.1. The number of carboxylic acids is 1. The first-order valence-electron chi connectivity index (χ1n) is 9.53. The predicted molar refractivity (Wildman–Crippen MR) is 118 cm³/mol. The Balaban J connectivity index is 1.59. The van der Waals surface area contributed by atoms with Crippen molar-refractivity contribution >= 4 is 27.8 Å². The van der Waals surface area contributed by atoms with E-state index in [-0.39, 0.29) is 5.56 Å². The Morgan fingerprint density at radius 2 is 1.67 bits per heavy atom. The van der Waals surface area contributed by atoms with Gasteiger partial charge in [0.15, 0.2) is 0 Å². The van der Waals surface area contributed by atoms with Crippen LogP contribution in [0.5, 0.6) is 5.75 Å². The number of carbonyl (C=O) groups is 1. The van der Waals surface area contributed by atoms with Gasteiger partial charge in [-0.25, -0.2) is 9.78 Å². The van der Waals surface area contributed by atoms with E-state index in [2.05, 4.69) is 22.1 Å². The van der Waals surface area contributed by atoms with Crippen LogP contribution in [-0.2, 0) is 0 Å². The Hall–Kier alpha value is -4.12. The molecule has 0 radical (unpaired) electrons. The molecule has 0 bridgehead atoms. The monoisotopic (exact) mass is 394 g/mol. The third-order valence-corrected chi connectivity index (χ3v) is 5.25. The molecule has 2 N–H and O–H groups in total. The lowest BCUT2D eigenvalue weighted by atomic mass is 9.98. The van der Waals surface area contributed by atoms with Gasteiger partial charge >= 0.3 is 5.97 Å². The predicted octanol–water partition coefficient (Wildman–Crippen LogP) is 5.76. The van der Waals surface area contributed by atoms with Gasteiger partial charge in [-0.15, -0.1) is 0 Å². The van der Waals surface area contributed by atoms with Crippen molar-refractivity contribution in [2.24, 2.45) is 0 Å². The number of nitrogens with zero attached hydrogens (tertiary/aromatic N) is 1. The summed E-state index contributed by atoms with van der Waals surface area (Å²) in [4.78, 5) is 19.5. The molecule has 5 aromatic rings. The molecule has 0 atom stereocenters. The van der Waals surface area contributed by atoms with Gasteiger partial charge in [-0.05, 0) is 58.3 Å². The van der Waals surface area contributed by atoms with Crippen molar-refractivity contribution in [3.05, 3.63) is 84.4 Å². The zero-order valence-corrected chi connectivity index (χ0v) is 16.2. The second kappa shape index (κ2) is 7.04. The van der Waals surface area contributed by atoms with Gasteiger partial charge in [0.25, 0.3) is 0 Å². The molecule has 146 valence electrons. The number of hydrogen-bond donors (Lipinski definition) is 2. The van der Waals surface area contributed by atoms with Crippen molar-refractivity contribution in [3.8, 4) is 28.3 Å². The van der Waals surface area contributed by atoms with Crippen LogP contribution in [0.25, 0.3) is 44.3 Å². The Morgan fingerprint density at radius 3 is 2.47 bits per heavy atom. The van der Waals surface area contributed by atoms with Crippen molar-refractivity contribution < 1.29 is 14.6 Å². The molecular formula is C25H18N2O3. The van der Waals surface area contributed by atoms with Gasteiger partial charge in [-0.3, -0.25) is 0 Å². The van der Waals surface area contributed by atoms with E-state index in [9.17, 15) is 9.90 Å². The second-order valence-corrected chi connectivity index (χ2v) is 7.10. The zero-order valence-electron chi connectivity index (χ0n) is 16.2. The summed E-state index contributed by atoms with van der Waals surface area (Å²) in [6.45, 7) is 0. The smallest absolute Gasteiger partial charge is 0.339 e. The average molecular weight is 394 g/mol. The molecule has 0 aliphatic heterocycles. The molecular weight excluding hydrogens is 376 g/mol. The molecule has 5 heteroatoms. The molecule has 0 amide bonds. The maximum absolute atomic E-state index is 11.5. The van der Waals surface area contributed by atoms with E-state index in [1.165, 1.54) is 7.11 Å². The number of hydrogen-bond acceptors (Lipinski definition) is 3. The molecule has 1 aromatic heterocycles. The lowest BCUT2D eigenvalue weighted by Crippen LogP contribution is -2.00. The van der Waals surface area contributed by atoms with Crippen molar-refractivity contribution in [1.82, 2.24) is 9.97 Å². The Labute approximate surface area is 172 Å². The molecule has 5 nitrogen and oxygen atoms in total. The topological polar surface area (TPSA) is 75.2 Å². The minimum absolute atomic E-state index is 0.157. The van der Waals surface area contributed by atoms with E-state index < -0.39 is 5.97 Å². The Kier molecular flexibility index (Phi) is 4.21. The molecule has 5 rings (SSSR count). The highest BCUT2D eigenvalue weighted by molar-refractivity contribution is 5.99. The van der Waals surface area contributed by atoms with Crippen molar-refractivity contribution in [3.63, 3.8) is 0 Å². The molecule has 0 saturated carbocycles. The van der Waals surface area contributed by atoms with Gasteiger partial charge in [-0.1, -0.05) is 42.5 Å². The molecule has 0 aliphatic rings. The van der Waals surface area contributed by atoms with Crippen LogP contribution in [0.3, 0.4) is 0 Å². The van der Waals surface area contributed by atoms with Gasteiger partial charge in [0.05, 0.1) is 18.1 Å². The zero-order chi connectivity index (χ0) is 20.7. The SMILES string of the molecule is COc1cc2cc(-c3cccc(-c4nc5ccccc5[nH]4)c3)ccc2cc1C(=O)O. The van der Waals surface area contributed by atoms with E-state index >= 15 is 0 Å². The van der Waals surface area contributed by atoms with Crippen LogP contribution in [0.4, 0.5) is 0 Å². The number of carboxylic acid groups (broad SMARTS) is 1. The van der Waals surface area contributed by atoms with Gasteiger partial charge in [-0.2, -0.15) is 0 Å². The highest BCUT2D eigenvalue weighted by Crippen LogP contribution is 2.31. The van der Waals surface area contributed by atoms with Crippen molar-refractivity contribution in [1.29, 1.82) is 0 Å². The molecule has 30 heavy (non-hydrogen) atoms. The minimum atomic E-state index is -1.00. The van der Waals surface area contributed by atoms with Crippen LogP contribution < -0.4 is 4.74 Å². The molecule has 0 saturated heterocycles. The summed E-state index contributed by atoms with van der Waals surface area (Å²) in [7, 11) is 1.48. The largest absolute Gasteiger partial charge is 0.496 e. The fraction of sp³-hybridized carbons (Fsp3) is 0.0400. The van der Waals surface area contributed by atoms with Gasteiger partial charge in [0, 0.05) is 5.56 Å². The molecule has 0 fully saturated rings. The number of H-pyrrole nitrogens is 1. The highest BCUT2D eigenvalue weighted by atomic mass is 16.5. The number of imidazole rings is 1. The molecule has 4 aromatic carbocycles. The maximum atomic E-state index is 11.5. The fourth-order valence-electron chi connectivity index (χ4n) is 3.73. The number of aromatic nitrogens is 2. The minimum Gasteiger partial charge on any atom is -0.496 e. The van der Waals surface area contributed by atoms with E-state index in [4.69, 9.17) is 4.74 Å². The van der Waals surface area contributed by atoms with Gasteiger partial charge in [0.1, 0.15) is 17.1 Å². The number of aromatic carboxylic acids is 1. The molecule has 0 unspecified atom stereocenters. The summed E-state index contributed by atoms with van der Waals surface area (Å²) in [5, 5.41) is 11.2. The third kappa shape index (κ3) is 3.06.